The smallest absolute Gasteiger partial charge is 0.0518 e. The van der Waals surface area contributed by atoms with Crippen molar-refractivity contribution in [1.29, 1.82) is 0 Å². The third-order valence-corrected chi connectivity index (χ3v) is 4.88. The maximum absolute atomic E-state index is 5.65. The Labute approximate surface area is 132 Å². The van der Waals surface area contributed by atoms with E-state index in [1.807, 2.05) is 0 Å². The summed E-state index contributed by atoms with van der Waals surface area (Å²) >= 11 is 0. The van der Waals surface area contributed by atoms with E-state index in [-0.39, 0.29) is 0 Å². The van der Waals surface area contributed by atoms with Gasteiger partial charge in [-0.2, -0.15) is 0 Å². The summed E-state index contributed by atoms with van der Waals surface area (Å²) in [7, 11) is 0. The van der Waals surface area contributed by atoms with Gasteiger partial charge in [0, 0.05) is 31.8 Å². The van der Waals surface area contributed by atoms with E-state index in [1.54, 1.807) is 0 Å². The summed E-state index contributed by atoms with van der Waals surface area (Å²) in [6.45, 7) is 18.1. The summed E-state index contributed by atoms with van der Waals surface area (Å²) in [5.41, 5.74) is 0. The molecule has 0 spiro atoms. The second kappa shape index (κ2) is 9.81. The minimum Gasteiger partial charge on any atom is -0.379 e. The van der Waals surface area contributed by atoms with Crippen molar-refractivity contribution in [2.45, 2.75) is 79.0 Å². The molecule has 0 radical (unpaired) electrons. The first-order valence-electron chi connectivity index (χ1n) is 9.04. The Hall–Kier alpha value is -0.120. The fourth-order valence-corrected chi connectivity index (χ4v) is 3.17. The maximum atomic E-state index is 5.65. The minimum absolute atomic E-state index is 0.363. The third-order valence-electron chi connectivity index (χ3n) is 4.88. The molecule has 1 saturated heterocycles. The molecule has 0 saturated carbocycles. The van der Waals surface area contributed by atoms with Gasteiger partial charge in [-0.1, -0.05) is 34.1 Å². The molecule has 1 aliphatic heterocycles. The van der Waals surface area contributed by atoms with Gasteiger partial charge in [-0.3, -0.25) is 4.90 Å². The molecular weight excluding hydrogens is 260 g/mol. The lowest BCUT2D eigenvalue weighted by Gasteiger charge is -2.44. The lowest BCUT2D eigenvalue weighted by Crippen LogP contribution is -2.60. The molecule has 3 atom stereocenters. The molecule has 0 amide bonds. The summed E-state index contributed by atoms with van der Waals surface area (Å²) < 4.78 is 5.65. The Morgan fingerprint density at radius 1 is 1.14 bits per heavy atom. The highest BCUT2D eigenvalue weighted by Gasteiger charge is 2.31. The molecule has 3 nitrogen and oxygen atoms in total. The average molecular weight is 299 g/mol. The van der Waals surface area contributed by atoms with E-state index in [1.165, 1.54) is 32.4 Å². The molecule has 0 aromatic rings. The molecule has 3 unspecified atom stereocenters. The largest absolute Gasteiger partial charge is 0.379 e. The number of nitrogens with zero attached hydrogens (tertiary/aromatic N) is 1. The highest BCUT2D eigenvalue weighted by molar-refractivity contribution is 4.89. The number of ether oxygens (including phenoxy) is 1. The molecule has 1 aliphatic rings. The van der Waals surface area contributed by atoms with Crippen molar-refractivity contribution in [2.75, 3.05) is 26.2 Å². The van der Waals surface area contributed by atoms with E-state index in [2.05, 4.69) is 51.8 Å². The molecule has 0 bridgehead atoms. The fraction of sp³-hybridized carbons (Fsp3) is 1.00. The van der Waals surface area contributed by atoms with Gasteiger partial charge < -0.3 is 10.1 Å². The lowest BCUT2D eigenvalue weighted by molar-refractivity contribution is 0.0609. The van der Waals surface area contributed by atoms with E-state index in [0.717, 1.165) is 25.0 Å². The van der Waals surface area contributed by atoms with Crippen molar-refractivity contribution in [1.82, 2.24) is 10.2 Å². The SMILES string of the molecule is CCC(C)C1CN(CCCCOC(C)C)C(C(C)C)CN1. The summed E-state index contributed by atoms with van der Waals surface area (Å²) in [6.07, 6.45) is 4.06. The van der Waals surface area contributed by atoms with Crippen molar-refractivity contribution in [3.63, 3.8) is 0 Å². The Morgan fingerprint density at radius 2 is 1.86 bits per heavy atom. The molecule has 1 N–H and O–H groups in total. The van der Waals surface area contributed by atoms with Gasteiger partial charge in [0.2, 0.25) is 0 Å². The van der Waals surface area contributed by atoms with Crippen molar-refractivity contribution >= 4 is 0 Å². The van der Waals surface area contributed by atoms with Gasteiger partial charge >= 0.3 is 0 Å². The van der Waals surface area contributed by atoms with Crippen LogP contribution in [-0.2, 0) is 4.74 Å². The lowest BCUT2D eigenvalue weighted by atomic mass is 9.92. The van der Waals surface area contributed by atoms with Crippen LogP contribution in [0, 0.1) is 11.8 Å². The Morgan fingerprint density at radius 3 is 2.43 bits per heavy atom. The summed E-state index contributed by atoms with van der Waals surface area (Å²) in [4.78, 5) is 2.73. The highest BCUT2D eigenvalue weighted by Crippen LogP contribution is 2.20. The second-order valence-corrected chi connectivity index (χ2v) is 7.33. The van der Waals surface area contributed by atoms with Crippen LogP contribution in [0.1, 0.15) is 60.8 Å². The number of piperazine rings is 1. The minimum atomic E-state index is 0.363. The van der Waals surface area contributed by atoms with Crippen LogP contribution in [0.2, 0.25) is 0 Å². The van der Waals surface area contributed by atoms with E-state index in [9.17, 15) is 0 Å². The fourth-order valence-electron chi connectivity index (χ4n) is 3.17. The monoisotopic (exact) mass is 298 g/mol. The highest BCUT2D eigenvalue weighted by atomic mass is 16.5. The first-order valence-corrected chi connectivity index (χ1v) is 9.04. The van der Waals surface area contributed by atoms with Crippen molar-refractivity contribution in [2.24, 2.45) is 11.8 Å². The number of rotatable bonds is 9. The van der Waals surface area contributed by atoms with Gasteiger partial charge in [0.15, 0.2) is 0 Å². The van der Waals surface area contributed by atoms with Gasteiger partial charge in [-0.25, -0.2) is 0 Å². The third kappa shape index (κ3) is 6.66. The van der Waals surface area contributed by atoms with Crippen molar-refractivity contribution in [3.05, 3.63) is 0 Å². The van der Waals surface area contributed by atoms with E-state index >= 15 is 0 Å². The topological polar surface area (TPSA) is 24.5 Å². The standard InChI is InChI=1S/C18H38N2O/c1-7-16(6)17-13-20(18(12-19-17)14(2)3)10-8-9-11-21-15(4)5/h14-19H,7-13H2,1-6H3. The zero-order chi connectivity index (χ0) is 15.8. The van der Waals surface area contributed by atoms with Crippen molar-refractivity contribution < 1.29 is 4.74 Å². The molecule has 3 heteroatoms. The van der Waals surface area contributed by atoms with Crippen LogP contribution in [-0.4, -0.2) is 49.3 Å². The molecule has 1 fully saturated rings. The van der Waals surface area contributed by atoms with Gasteiger partial charge in [0.1, 0.15) is 0 Å². The molecule has 0 aliphatic carbocycles. The number of unbranched alkanes of at least 4 members (excludes halogenated alkanes) is 1. The number of nitrogens with one attached hydrogen (secondary N) is 1. The second-order valence-electron chi connectivity index (χ2n) is 7.33. The van der Waals surface area contributed by atoms with E-state index < -0.39 is 0 Å². The van der Waals surface area contributed by atoms with Crippen LogP contribution in [0.4, 0.5) is 0 Å². The first kappa shape index (κ1) is 18.9. The van der Waals surface area contributed by atoms with Crippen molar-refractivity contribution in [3.8, 4) is 0 Å². The van der Waals surface area contributed by atoms with E-state index in [4.69, 9.17) is 4.74 Å². The van der Waals surface area contributed by atoms with Crippen LogP contribution in [0.5, 0.6) is 0 Å². The molecule has 1 heterocycles. The molecule has 126 valence electrons. The predicted octanol–water partition coefficient (Wildman–Crippen LogP) is 3.54. The molecule has 0 aromatic carbocycles. The van der Waals surface area contributed by atoms with Crippen LogP contribution >= 0.6 is 0 Å². The van der Waals surface area contributed by atoms with Crippen LogP contribution < -0.4 is 5.32 Å². The van der Waals surface area contributed by atoms with Crippen LogP contribution in [0.15, 0.2) is 0 Å². The Kier molecular flexibility index (Phi) is 8.84. The van der Waals surface area contributed by atoms with E-state index in [0.29, 0.717) is 18.2 Å². The predicted molar refractivity (Wildman–Crippen MR) is 91.8 cm³/mol. The average Bonchev–Trinajstić information content (AvgIpc) is 2.45. The number of hydrogen-bond acceptors (Lipinski definition) is 3. The molecule has 0 aromatic heterocycles. The van der Waals surface area contributed by atoms with Gasteiger partial charge in [-0.05, 0) is 45.1 Å². The first-order chi connectivity index (χ1) is 9.95. The summed E-state index contributed by atoms with van der Waals surface area (Å²) in [5, 5.41) is 3.78. The van der Waals surface area contributed by atoms with Gasteiger partial charge in [0.05, 0.1) is 6.10 Å². The Bertz CT molecular complexity index is 268. The molecule has 1 rings (SSSR count). The zero-order valence-electron chi connectivity index (χ0n) is 15.2. The van der Waals surface area contributed by atoms with Crippen LogP contribution in [0.3, 0.4) is 0 Å². The summed E-state index contributed by atoms with van der Waals surface area (Å²) in [6, 6.07) is 1.35. The van der Waals surface area contributed by atoms with Gasteiger partial charge in [-0.15, -0.1) is 0 Å². The summed E-state index contributed by atoms with van der Waals surface area (Å²) in [5.74, 6) is 1.49. The quantitative estimate of drug-likeness (QED) is 0.659. The zero-order valence-corrected chi connectivity index (χ0v) is 15.2. The maximum Gasteiger partial charge on any atom is 0.0518 e. The van der Waals surface area contributed by atoms with Gasteiger partial charge in [0.25, 0.3) is 0 Å². The number of hydrogen-bond donors (Lipinski definition) is 1. The Balaban J connectivity index is 2.40. The van der Waals surface area contributed by atoms with Crippen LogP contribution in [0.25, 0.3) is 0 Å². The molecular formula is C18H38N2O. The molecule has 21 heavy (non-hydrogen) atoms. The normalized spacial score (nSPS) is 25.7.